The number of hydrogen-bond donors (Lipinski definition) is 0. The second-order valence-electron chi connectivity index (χ2n) is 7.02. The lowest BCUT2D eigenvalue weighted by atomic mass is 9.91. The monoisotopic (exact) mass is 312 g/mol. The standard InChI is InChI=1S/C19H24N2O2/c1-12-9-13(2)11-21(10-12)19(23)18(22)17-14(3)20(4)16-8-6-5-7-15(16)17/h5-8,12-13H,9-11H2,1-4H3/t12-,13+. The Bertz CT molecular complexity index is 765. The summed E-state index contributed by atoms with van der Waals surface area (Å²) in [6, 6.07) is 7.76. The molecule has 0 bridgehead atoms. The summed E-state index contributed by atoms with van der Waals surface area (Å²) in [6.07, 6.45) is 1.12. The molecule has 23 heavy (non-hydrogen) atoms. The normalized spacial score (nSPS) is 21.7. The summed E-state index contributed by atoms with van der Waals surface area (Å²) in [6.45, 7) is 7.55. The molecule has 0 radical (unpaired) electrons. The van der Waals surface area contributed by atoms with E-state index in [-0.39, 0.29) is 11.7 Å². The molecule has 1 fully saturated rings. The molecule has 1 aromatic heterocycles. The SMILES string of the molecule is Cc1c(C(=O)C(=O)N2C[C@H](C)C[C@H](C)C2)c2ccccc2n1C. The number of aromatic nitrogens is 1. The Morgan fingerprint density at radius 1 is 1.09 bits per heavy atom. The summed E-state index contributed by atoms with van der Waals surface area (Å²) in [5.41, 5.74) is 2.39. The van der Waals surface area contributed by atoms with E-state index in [0.717, 1.165) is 23.0 Å². The van der Waals surface area contributed by atoms with Crippen LogP contribution in [0.5, 0.6) is 0 Å². The van der Waals surface area contributed by atoms with Crippen molar-refractivity contribution < 1.29 is 9.59 Å². The van der Waals surface area contributed by atoms with Gasteiger partial charge in [0.05, 0.1) is 5.56 Å². The van der Waals surface area contributed by atoms with Crippen LogP contribution >= 0.6 is 0 Å². The average Bonchev–Trinajstić information content (AvgIpc) is 2.77. The number of amides is 1. The van der Waals surface area contributed by atoms with Crippen molar-refractivity contribution >= 4 is 22.6 Å². The lowest BCUT2D eigenvalue weighted by molar-refractivity contribution is -0.129. The number of nitrogens with zero attached hydrogens (tertiary/aromatic N) is 2. The first-order chi connectivity index (χ1) is 10.9. The van der Waals surface area contributed by atoms with E-state index in [1.807, 2.05) is 42.8 Å². The van der Waals surface area contributed by atoms with Crippen molar-refractivity contribution in [2.24, 2.45) is 18.9 Å². The highest BCUT2D eigenvalue weighted by Gasteiger charge is 2.32. The molecular formula is C19H24N2O2. The number of ketones is 1. The third-order valence-electron chi connectivity index (χ3n) is 4.98. The molecule has 3 rings (SSSR count). The van der Waals surface area contributed by atoms with Gasteiger partial charge in [-0.25, -0.2) is 0 Å². The van der Waals surface area contributed by atoms with Crippen LogP contribution in [-0.4, -0.2) is 34.2 Å². The highest BCUT2D eigenvalue weighted by molar-refractivity contribution is 6.45. The minimum Gasteiger partial charge on any atom is -0.347 e. The maximum Gasteiger partial charge on any atom is 0.295 e. The van der Waals surface area contributed by atoms with Crippen molar-refractivity contribution in [3.63, 3.8) is 0 Å². The summed E-state index contributed by atoms with van der Waals surface area (Å²) < 4.78 is 1.98. The van der Waals surface area contributed by atoms with Gasteiger partial charge in [0.1, 0.15) is 0 Å². The summed E-state index contributed by atoms with van der Waals surface area (Å²) in [7, 11) is 1.93. The largest absolute Gasteiger partial charge is 0.347 e. The number of rotatable bonds is 2. The predicted molar refractivity (Wildman–Crippen MR) is 91.5 cm³/mol. The van der Waals surface area contributed by atoms with Crippen LogP contribution in [0.1, 0.15) is 36.3 Å². The van der Waals surface area contributed by atoms with Gasteiger partial charge in [0.15, 0.2) is 0 Å². The number of fused-ring (bicyclic) bond motifs is 1. The molecule has 2 atom stereocenters. The van der Waals surface area contributed by atoms with Crippen molar-refractivity contribution in [2.45, 2.75) is 27.2 Å². The van der Waals surface area contributed by atoms with Crippen LogP contribution in [-0.2, 0) is 11.8 Å². The van der Waals surface area contributed by atoms with Crippen LogP contribution in [0.25, 0.3) is 10.9 Å². The van der Waals surface area contributed by atoms with Crippen LogP contribution in [0.3, 0.4) is 0 Å². The zero-order valence-electron chi connectivity index (χ0n) is 14.3. The van der Waals surface area contributed by atoms with E-state index in [1.165, 1.54) is 0 Å². The zero-order chi connectivity index (χ0) is 16.7. The van der Waals surface area contributed by atoms with E-state index in [4.69, 9.17) is 0 Å². The molecule has 4 heteroatoms. The second-order valence-corrected chi connectivity index (χ2v) is 7.02. The van der Waals surface area contributed by atoms with Crippen LogP contribution in [0, 0.1) is 18.8 Å². The predicted octanol–water partition coefficient (Wildman–Crippen LogP) is 3.17. The van der Waals surface area contributed by atoms with Gasteiger partial charge in [0, 0.05) is 36.7 Å². The average molecular weight is 312 g/mol. The summed E-state index contributed by atoms with van der Waals surface area (Å²) in [4.78, 5) is 27.4. The topological polar surface area (TPSA) is 42.3 Å². The molecule has 2 aromatic rings. The third kappa shape index (κ3) is 2.67. The van der Waals surface area contributed by atoms with Gasteiger partial charge in [-0.2, -0.15) is 0 Å². The Balaban J connectivity index is 1.97. The van der Waals surface area contributed by atoms with Gasteiger partial charge in [0.2, 0.25) is 0 Å². The van der Waals surface area contributed by atoms with Crippen LogP contribution in [0.4, 0.5) is 0 Å². The Hall–Kier alpha value is -2.10. The number of aryl methyl sites for hydroxylation is 1. The molecule has 2 heterocycles. The Kier molecular flexibility index (Phi) is 4.00. The summed E-state index contributed by atoms with van der Waals surface area (Å²) >= 11 is 0. The Morgan fingerprint density at radius 3 is 2.35 bits per heavy atom. The first kappa shape index (κ1) is 15.8. The molecule has 0 spiro atoms. The van der Waals surface area contributed by atoms with Gasteiger partial charge in [-0.3, -0.25) is 9.59 Å². The second kappa shape index (κ2) is 5.84. The van der Waals surface area contributed by atoms with Crippen molar-refractivity contribution in [3.8, 4) is 0 Å². The van der Waals surface area contributed by atoms with Gasteiger partial charge < -0.3 is 9.47 Å². The molecule has 122 valence electrons. The Labute approximate surface area is 137 Å². The molecule has 1 saturated heterocycles. The fourth-order valence-electron chi connectivity index (χ4n) is 3.89. The van der Waals surface area contributed by atoms with Gasteiger partial charge >= 0.3 is 0 Å². The molecular weight excluding hydrogens is 288 g/mol. The van der Waals surface area contributed by atoms with Crippen LogP contribution < -0.4 is 0 Å². The molecule has 0 unspecified atom stereocenters. The third-order valence-corrected chi connectivity index (χ3v) is 4.98. The molecule has 0 N–H and O–H groups in total. The van der Waals surface area contributed by atoms with E-state index in [9.17, 15) is 9.59 Å². The molecule has 1 aliphatic rings. The molecule has 1 aromatic carbocycles. The molecule has 0 saturated carbocycles. The van der Waals surface area contributed by atoms with Gasteiger partial charge in [-0.05, 0) is 31.2 Å². The van der Waals surface area contributed by atoms with Crippen LogP contribution in [0.2, 0.25) is 0 Å². The number of likely N-dealkylation sites (tertiary alicyclic amines) is 1. The number of carbonyl (C=O) groups is 2. The number of benzene rings is 1. The van der Waals surface area contributed by atoms with E-state index < -0.39 is 0 Å². The molecule has 1 amide bonds. The van der Waals surface area contributed by atoms with E-state index in [0.29, 0.717) is 30.5 Å². The maximum atomic E-state index is 12.9. The summed E-state index contributed by atoms with van der Waals surface area (Å²) in [5, 5.41) is 0.865. The van der Waals surface area contributed by atoms with E-state index in [2.05, 4.69) is 13.8 Å². The highest BCUT2D eigenvalue weighted by Crippen LogP contribution is 2.27. The lowest BCUT2D eigenvalue weighted by Crippen LogP contribution is -2.45. The fourth-order valence-corrected chi connectivity index (χ4v) is 3.89. The van der Waals surface area contributed by atoms with Crippen molar-refractivity contribution in [3.05, 3.63) is 35.5 Å². The first-order valence-corrected chi connectivity index (χ1v) is 8.27. The number of piperidine rings is 1. The van der Waals surface area contributed by atoms with Crippen LogP contribution in [0.15, 0.2) is 24.3 Å². The Morgan fingerprint density at radius 2 is 1.70 bits per heavy atom. The number of Topliss-reactive ketones (excluding diaryl/α,β-unsaturated/α-hetero) is 1. The number of hydrogen-bond acceptors (Lipinski definition) is 2. The van der Waals surface area contributed by atoms with Gasteiger partial charge in [-0.15, -0.1) is 0 Å². The highest BCUT2D eigenvalue weighted by atomic mass is 16.2. The number of para-hydroxylation sites is 1. The van der Waals surface area contributed by atoms with Crippen molar-refractivity contribution in [1.29, 1.82) is 0 Å². The summed E-state index contributed by atoms with van der Waals surface area (Å²) in [5.74, 6) is 0.164. The van der Waals surface area contributed by atoms with Crippen molar-refractivity contribution in [1.82, 2.24) is 9.47 Å². The minimum atomic E-state index is -0.374. The maximum absolute atomic E-state index is 12.9. The quantitative estimate of drug-likeness (QED) is 0.631. The zero-order valence-corrected chi connectivity index (χ0v) is 14.3. The smallest absolute Gasteiger partial charge is 0.295 e. The minimum absolute atomic E-state index is 0.358. The lowest BCUT2D eigenvalue weighted by Gasteiger charge is -2.34. The molecule has 4 nitrogen and oxygen atoms in total. The molecule has 1 aliphatic heterocycles. The van der Waals surface area contributed by atoms with E-state index in [1.54, 1.807) is 4.90 Å². The first-order valence-electron chi connectivity index (χ1n) is 8.27. The fraction of sp³-hybridized carbons (Fsp3) is 0.474. The van der Waals surface area contributed by atoms with Crippen molar-refractivity contribution in [2.75, 3.05) is 13.1 Å². The molecule has 0 aliphatic carbocycles. The van der Waals surface area contributed by atoms with Gasteiger partial charge in [-0.1, -0.05) is 32.0 Å². The number of carbonyl (C=O) groups excluding carboxylic acids is 2. The van der Waals surface area contributed by atoms with E-state index >= 15 is 0 Å². The van der Waals surface area contributed by atoms with Gasteiger partial charge in [0.25, 0.3) is 11.7 Å².